The van der Waals surface area contributed by atoms with Crippen molar-refractivity contribution in [1.29, 1.82) is 0 Å². The van der Waals surface area contributed by atoms with Gasteiger partial charge < -0.3 is 15.7 Å². The quantitative estimate of drug-likeness (QED) is 0.701. The fourth-order valence-corrected chi connectivity index (χ4v) is 4.23. The van der Waals surface area contributed by atoms with Gasteiger partial charge in [-0.05, 0) is 44.7 Å². The molecule has 1 aliphatic carbocycles. The molecule has 4 aliphatic rings. The summed E-state index contributed by atoms with van der Waals surface area (Å²) < 4.78 is 0. The summed E-state index contributed by atoms with van der Waals surface area (Å²) in [6, 6.07) is 0. The Hall–Kier alpha value is -0.120. The average Bonchev–Trinajstić information content (AvgIpc) is 2.31. The van der Waals surface area contributed by atoms with Crippen molar-refractivity contribution >= 4 is 0 Å². The number of piperidine rings is 3. The van der Waals surface area contributed by atoms with E-state index in [2.05, 4.69) is 4.90 Å². The molecule has 3 N–H and O–H groups in total. The van der Waals surface area contributed by atoms with Gasteiger partial charge in [0.1, 0.15) is 0 Å². The number of rotatable bonds is 1. The molecule has 92 valence electrons. The van der Waals surface area contributed by atoms with Gasteiger partial charge in [-0.15, -0.1) is 0 Å². The van der Waals surface area contributed by atoms with Crippen LogP contribution in [0.15, 0.2) is 0 Å². The molecule has 3 saturated heterocycles. The van der Waals surface area contributed by atoms with E-state index in [0.29, 0.717) is 5.92 Å². The van der Waals surface area contributed by atoms with Gasteiger partial charge in [-0.3, -0.25) is 0 Å². The molecule has 3 aliphatic heterocycles. The van der Waals surface area contributed by atoms with Crippen molar-refractivity contribution in [3.8, 4) is 0 Å². The zero-order chi connectivity index (χ0) is 11.2. The maximum Gasteiger partial charge on any atom is 0.0841 e. The highest BCUT2D eigenvalue weighted by Gasteiger charge is 2.56. The third kappa shape index (κ3) is 1.45. The maximum atomic E-state index is 10.9. The Kier molecular flexibility index (Phi) is 2.54. The molecule has 4 fully saturated rings. The molecule has 2 bridgehead atoms. The van der Waals surface area contributed by atoms with Crippen LogP contribution in [0, 0.1) is 5.92 Å². The van der Waals surface area contributed by atoms with E-state index in [9.17, 15) is 5.11 Å². The summed E-state index contributed by atoms with van der Waals surface area (Å²) in [4.78, 5) is 2.45. The van der Waals surface area contributed by atoms with Gasteiger partial charge in [-0.2, -0.15) is 0 Å². The Morgan fingerprint density at radius 1 is 1.06 bits per heavy atom. The zero-order valence-corrected chi connectivity index (χ0v) is 10.1. The molecule has 1 saturated carbocycles. The minimum Gasteiger partial charge on any atom is -0.388 e. The van der Waals surface area contributed by atoms with E-state index in [1.165, 1.54) is 32.4 Å². The lowest BCUT2D eigenvalue weighted by molar-refractivity contribution is -0.132. The number of nitrogens with zero attached hydrogens (tertiary/aromatic N) is 1. The summed E-state index contributed by atoms with van der Waals surface area (Å²) in [5.74, 6) is 0.556. The van der Waals surface area contributed by atoms with Crippen LogP contribution in [0.4, 0.5) is 0 Å². The third-order valence-electron chi connectivity index (χ3n) is 5.35. The van der Waals surface area contributed by atoms with Crippen molar-refractivity contribution in [2.24, 2.45) is 11.7 Å². The molecule has 16 heavy (non-hydrogen) atoms. The lowest BCUT2D eigenvalue weighted by atomic mass is 9.60. The minimum atomic E-state index is -0.574. The molecule has 0 aromatic rings. The molecule has 0 aromatic heterocycles. The summed E-state index contributed by atoms with van der Waals surface area (Å²) >= 11 is 0. The van der Waals surface area contributed by atoms with Gasteiger partial charge in [0, 0.05) is 6.54 Å². The summed E-state index contributed by atoms with van der Waals surface area (Å²) in [5, 5.41) is 10.9. The molecular formula is C13H24N2O. The Labute approximate surface area is 98.0 Å². The molecule has 0 radical (unpaired) electrons. The summed E-state index contributed by atoms with van der Waals surface area (Å²) in [7, 11) is 0. The van der Waals surface area contributed by atoms with E-state index in [1.54, 1.807) is 0 Å². The topological polar surface area (TPSA) is 49.5 Å². The molecule has 1 unspecified atom stereocenters. The van der Waals surface area contributed by atoms with Crippen LogP contribution in [0.2, 0.25) is 0 Å². The molecule has 0 amide bonds. The summed E-state index contributed by atoms with van der Waals surface area (Å²) in [6.45, 7) is 3.31. The van der Waals surface area contributed by atoms with Crippen LogP contribution in [0.3, 0.4) is 0 Å². The van der Waals surface area contributed by atoms with Crippen molar-refractivity contribution < 1.29 is 5.11 Å². The summed E-state index contributed by atoms with van der Waals surface area (Å²) in [5.41, 5.74) is 5.77. The highest BCUT2D eigenvalue weighted by Crippen LogP contribution is 2.46. The largest absolute Gasteiger partial charge is 0.388 e. The van der Waals surface area contributed by atoms with Crippen LogP contribution in [-0.2, 0) is 0 Å². The smallest absolute Gasteiger partial charge is 0.0841 e. The van der Waals surface area contributed by atoms with E-state index >= 15 is 0 Å². The van der Waals surface area contributed by atoms with E-state index in [-0.39, 0.29) is 5.54 Å². The van der Waals surface area contributed by atoms with Crippen molar-refractivity contribution in [2.45, 2.75) is 56.1 Å². The highest BCUT2D eigenvalue weighted by atomic mass is 16.3. The second-order valence-electron chi connectivity index (χ2n) is 6.18. The first kappa shape index (κ1) is 11.0. The van der Waals surface area contributed by atoms with E-state index in [0.717, 1.165) is 32.2 Å². The van der Waals surface area contributed by atoms with Crippen molar-refractivity contribution in [3.63, 3.8) is 0 Å². The molecule has 0 aromatic carbocycles. The van der Waals surface area contributed by atoms with E-state index < -0.39 is 5.60 Å². The predicted molar refractivity (Wildman–Crippen MR) is 64.1 cm³/mol. The van der Waals surface area contributed by atoms with E-state index in [1.807, 2.05) is 0 Å². The fourth-order valence-electron chi connectivity index (χ4n) is 4.23. The minimum absolute atomic E-state index is 0.316. The van der Waals surface area contributed by atoms with Gasteiger partial charge in [0.2, 0.25) is 0 Å². The molecule has 3 heterocycles. The second-order valence-corrected chi connectivity index (χ2v) is 6.18. The number of nitrogens with two attached hydrogens (primary N) is 1. The monoisotopic (exact) mass is 224 g/mol. The Morgan fingerprint density at radius 3 is 2.19 bits per heavy atom. The lowest BCUT2D eigenvalue weighted by Crippen LogP contribution is -2.74. The first-order valence-electron chi connectivity index (χ1n) is 6.88. The predicted octanol–water partition coefficient (Wildman–Crippen LogP) is 1.10. The molecule has 0 spiro atoms. The highest BCUT2D eigenvalue weighted by molar-refractivity contribution is 5.13. The zero-order valence-electron chi connectivity index (χ0n) is 10.1. The van der Waals surface area contributed by atoms with Crippen molar-refractivity contribution in [1.82, 2.24) is 4.90 Å². The maximum absolute atomic E-state index is 10.9. The van der Waals surface area contributed by atoms with Crippen LogP contribution < -0.4 is 5.73 Å². The van der Waals surface area contributed by atoms with Crippen molar-refractivity contribution in [3.05, 3.63) is 0 Å². The second kappa shape index (κ2) is 3.69. The van der Waals surface area contributed by atoms with Gasteiger partial charge >= 0.3 is 0 Å². The molecule has 1 atom stereocenters. The van der Waals surface area contributed by atoms with Crippen LogP contribution in [0.1, 0.15) is 44.9 Å². The Balaban J connectivity index is 1.86. The number of aliphatic hydroxyl groups is 1. The SMILES string of the molecule is NC1(C2(O)CCCCC2)CN2CCC1CC2. The van der Waals surface area contributed by atoms with Gasteiger partial charge in [0.05, 0.1) is 11.1 Å². The van der Waals surface area contributed by atoms with Crippen LogP contribution in [-0.4, -0.2) is 40.8 Å². The number of hydrogen-bond donors (Lipinski definition) is 2. The number of hydrogen-bond acceptors (Lipinski definition) is 3. The van der Waals surface area contributed by atoms with Gasteiger partial charge in [-0.1, -0.05) is 19.3 Å². The lowest BCUT2D eigenvalue weighted by Gasteiger charge is -2.59. The van der Waals surface area contributed by atoms with Gasteiger partial charge in [-0.25, -0.2) is 0 Å². The van der Waals surface area contributed by atoms with Crippen LogP contribution in [0.5, 0.6) is 0 Å². The first-order chi connectivity index (χ1) is 7.64. The first-order valence-corrected chi connectivity index (χ1v) is 6.88. The number of fused-ring (bicyclic) bond motifs is 3. The van der Waals surface area contributed by atoms with E-state index in [4.69, 9.17) is 5.73 Å². The van der Waals surface area contributed by atoms with Crippen molar-refractivity contribution in [2.75, 3.05) is 19.6 Å². The Bertz CT molecular complexity index is 267. The normalized spacial score (nSPS) is 46.9. The van der Waals surface area contributed by atoms with Crippen LogP contribution in [0.25, 0.3) is 0 Å². The molecular weight excluding hydrogens is 200 g/mol. The van der Waals surface area contributed by atoms with Gasteiger partial charge in [0.25, 0.3) is 0 Å². The third-order valence-corrected chi connectivity index (χ3v) is 5.35. The average molecular weight is 224 g/mol. The summed E-state index contributed by atoms with van der Waals surface area (Å²) in [6.07, 6.45) is 7.82. The standard InChI is InChI=1S/C13H24N2O/c14-13(12(16)6-2-1-3-7-12)10-15-8-4-11(13)5-9-15/h11,16H,1-10,14H2. The van der Waals surface area contributed by atoms with Gasteiger partial charge in [0.15, 0.2) is 0 Å². The van der Waals surface area contributed by atoms with Crippen LogP contribution >= 0.6 is 0 Å². The molecule has 3 heteroatoms. The molecule has 3 nitrogen and oxygen atoms in total. The Morgan fingerprint density at radius 2 is 1.69 bits per heavy atom. The fraction of sp³-hybridized carbons (Fsp3) is 1.00. The molecule has 4 rings (SSSR count).